The van der Waals surface area contributed by atoms with Crippen LogP contribution in [0, 0.1) is 19.8 Å². The maximum Gasteiger partial charge on any atom is 0.249 e. The molecular formula is C20H19BrF2O. The molecule has 3 atom stereocenters. The molecule has 1 saturated carbocycles. The first kappa shape index (κ1) is 16.1. The fraction of sp³-hybridized carbons (Fsp3) is 0.400. The van der Waals surface area contributed by atoms with Gasteiger partial charge in [0, 0.05) is 24.7 Å². The van der Waals surface area contributed by atoms with Crippen LogP contribution < -0.4 is 4.74 Å². The summed E-state index contributed by atoms with van der Waals surface area (Å²) in [4.78, 5) is 0. The van der Waals surface area contributed by atoms with E-state index in [9.17, 15) is 8.78 Å². The second-order valence-electron chi connectivity index (χ2n) is 7.15. The molecule has 4 heteroatoms. The van der Waals surface area contributed by atoms with E-state index in [-0.39, 0.29) is 30.8 Å². The lowest BCUT2D eigenvalue weighted by Gasteiger charge is -2.36. The minimum absolute atomic E-state index is 0.0910. The Morgan fingerprint density at radius 1 is 1.04 bits per heavy atom. The van der Waals surface area contributed by atoms with Gasteiger partial charge in [-0.3, -0.25) is 0 Å². The van der Waals surface area contributed by atoms with E-state index < -0.39 is 5.92 Å². The molecule has 1 aliphatic carbocycles. The summed E-state index contributed by atoms with van der Waals surface area (Å²) in [5.41, 5.74) is 4.12. The zero-order valence-corrected chi connectivity index (χ0v) is 15.2. The summed E-state index contributed by atoms with van der Waals surface area (Å²) in [5.74, 6) is -2.25. The van der Waals surface area contributed by atoms with E-state index in [1.54, 1.807) is 0 Å². The third-order valence-electron chi connectivity index (χ3n) is 5.23. The first-order valence-electron chi connectivity index (χ1n) is 8.25. The molecule has 1 heterocycles. The molecule has 2 aromatic rings. The molecule has 1 fully saturated rings. The zero-order chi connectivity index (χ0) is 17.1. The van der Waals surface area contributed by atoms with Gasteiger partial charge in [-0.2, -0.15) is 0 Å². The lowest BCUT2D eigenvalue weighted by atomic mass is 9.79. The number of ether oxygens (including phenoxy) is 1. The molecule has 2 aromatic carbocycles. The summed E-state index contributed by atoms with van der Waals surface area (Å²) in [5, 5.41) is 0. The molecule has 0 N–H and O–H groups in total. The van der Waals surface area contributed by atoms with Crippen LogP contribution in [-0.4, -0.2) is 5.92 Å². The van der Waals surface area contributed by atoms with Crippen molar-refractivity contribution in [2.24, 2.45) is 5.92 Å². The molecule has 0 radical (unpaired) electrons. The van der Waals surface area contributed by atoms with E-state index in [1.165, 1.54) is 0 Å². The Kier molecular flexibility index (Phi) is 3.72. The van der Waals surface area contributed by atoms with Gasteiger partial charge in [-0.25, -0.2) is 8.78 Å². The van der Waals surface area contributed by atoms with Gasteiger partial charge >= 0.3 is 0 Å². The number of fused-ring (bicyclic) bond motifs is 3. The first-order valence-corrected chi connectivity index (χ1v) is 9.04. The molecular weight excluding hydrogens is 374 g/mol. The molecule has 0 bridgehead atoms. The van der Waals surface area contributed by atoms with E-state index in [0.717, 1.165) is 32.5 Å². The number of hydrogen-bond donors (Lipinski definition) is 0. The minimum Gasteiger partial charge on any atom is -0.484 e. The van der Waals surface area contributed by atoms with Crippen molar-refractivity contribution in [3.8, 4) is 5.75 Å². The molecule has 126 valence electrons. The zero-order valence-electron chi connectivity index (χ0n) is 13.7. The van der Waals surface area contributed by atoms with E-state index >= 15 is 0 Å². The van der Waals surface area contributed by atoms with Crippen LogP contribution in [0.2, 0.25) is 0 Å². The van der Waals surface area contributed by atoms with Crippen molar-refractivity contribution in [3.05, 3.63) is 63.1 Å². The van der Waals surface area contributed by atoms with Crippen LogP contribution in [0.3, 0.4) is 0 Å². The van der Waals surface area contributed by atoms with Crippen LogP contribution in [0.1, 0.15) is 47.1 Å². The highest BCUT2D eigenvalue weighted by molar-refractivity contribution is 9.10. The van der Waals surface area contributed by atoms with Crippen molar-refractivity contribution in [2.45, 2.75) is 44.6 Å². The molecule has 0 unspecified atom stereocenters. The van der Waals surface area contributed by atoms with Crippen molar-refractivity contribution in [3.63, 3.8) is 0 Å². The van der Waals surface area contributed by atoms with E-state index in [0.29, 0.717) is 0 Å². The fourth-order valence-electron chi connectivity index (χ4n) is 4.14. The van der Waals surface area contributed by atoms with Crippen LogP contribution in [0.5, 0.6) is 5.75 Å². The van der Waals surface area contributed by atoms with E-state index in [2.05, 4.69) is 15.9 Å². The van der Waals surface area contributed by atoms with Crippen molar-refractivity contribution in [1.29, 1.82) is 0 Å². The summed E-state index contributed by atoms with van der Waals surface area (Å²) in [6.07, 6.45) is -0.525. The third kappa shape index (κ3) is 2.65. The first-order chi connectivity index (χ1) is 11.3. The van der Waals surface area contributed by atoms with Gasteiger partial charge in [0.1, 0.15) is 11.9 Å². The predicted octanol–water partition coefficient (Wildman–Crippen LogP) is 6.33. The van der Waals surface area contributed by atoms with Gasteiger partial charge < -0.3 is 4.74 Å². The highest BCUT2D eigenvalue weighted by Crippen LogP contribution is 2.59. The summed E-state index contributed by atoms with van der Waals surface area (Å²) in [6.45, 7) is 4.01. The van der Waals surface area contributed by atoms with Crippen LogP contribution in [0.25, 0.3) is 0 Å². The Bertz CT molecular complexity index is 785. The van der Waals surface area contributed by atoms with Crippen LogP contribution in [0.15, 0.2) is 40.9 Å². The molecule has 0 spiro atoms. The van der Waals surface area contributed by atoms with Gasteiger partial charge in [-0.15, -0.1) is 0 Å². The number of hydrogen-bond acceptors (Lipinski definition) is 1. The standard InChI is InChI=1S/C20H19BrF2O/c1-11-3-5-13(6-4-11)18-16-10-20(22,23)9-15(16)14-7-12(2)8-17(21)19(14)24-18/h3-8,15-16,18H,9-10H2,1-2H3/t15-,16-,18-/m1/s1. The fourth-order valence-corrected chi connectivity index (χ4v) is 4.83. The van der Waals surface area contributed by atoms with Crippen molar-refractivity contribution < 1.29 is 13.5 Å². The SMILES string of the molecule is Cc1ccc([C@H]2Oc3c(Br)cc(C)cc3[C@H]3CC(F)(F)C[C@H]32)cc1. The Morgan fingerprint density at radius 3 is 2.46 bits per heavy atom. The van der Waals surface area contributed by atoms with Crippen LogP contribution in [-0.2, 0) is 0 Å². The number of benzene rings is 2. The number of alkyl halides is 2. The van der Waals surface area contributed by atoms with Crippen molar-refractivity contribution in [2.75, 3.05) is 0 Å². The number of rotatable bonds is 1. The van der Waals surface area contributed by atoms with Gasteiger partial charge in [-0.1, -0.05) is 35.9 Å². The lowest BCUT2D eigenvalue weighted by molar-refractivity contribution is -0.00235. The van der Waals surface area contributed by atoms with Gasteiger partial charge in [0.25, 0.3) is 0 Å². The van der Waals surface area contributed by atoms with E-state index in [4.69, 9.17) is 4.74 Å². The second kappa shape index (κ2) is 5.55. The monoisotopic (exact) mass is 392 g/mol. The quantitative estimate of drug-likeness (QED) is 0.550. The number of halogens is 3. The minimum atomic E-state index is -2.63. The van der Waals surface area contributed by atoms with Crippen molar-refractivity contribution >= 4 is 15.9 Å². The molecule has 1 nitrogen and oxygen atoms in total. The number of aryl methyl sites for hydroxylation is 2. The van der Waals surface area contributed by atoms with Crippen LogP contribution in [0.4, 0.5) is 8.78 Å². The van der Waals surface area contributed by atoms with Gasteiger partial charge in [0.15, 0.2) is 0 Å². The maximum absolute atomic E-state index is 14.2. The molecule has 1 aliphatic heterocycles. The molecule has 4 rings (SSSR count). The lowest BCUT2D eigenvalue weighted by Crippen LogP contribution is -2.27. The topological polar surface area (TPSA) is 9.23 Å². The van der Waals surface area contributed by atoms with Gasteiger partial charge in [0.05, 0.1) is 4.47 Å². The average Bonchev–Trinajstić information content (AvgIpc) is 2.83. The Hall–Kier alpha value is -1.42. The maximum atomic E-state index is 14.2. The predicted molar refractivity (Wildman–Crippen MR) is 93.8 cm³/mol. The molecule has 24 heavy (non-hydrogen) atoms. The van der Waals surface area contributed by atoms with Gasteiger partial charge in [0.2, 0.25) is 5.92 Å². The normalized spacial score (nSPS) is 27.3. The molecule has 0 amide bonds. The third-order valence-corrected chi connectivity index (χ3v) is 5.81. The van der Waals surface area contributed by atoms with Crippen LogP contribution >= 0.6 is 15.9 Å². The van der Waals surface area contributed by atoms with Crippen molar-refractivity contribution in [1.82, 2.24) is 0 Å². The smallest absolute Gasteiger partial charge is 0.249 e. The Morgan fingerprint density at radius 2 is 1.75 bits per heavy atom. The Balaban J connectivity index is 1.83. The largest absolute Gasteiger partial charge is 0.484 e. The highest BCUT2D eigenvalue weighted by Gasteiger charge is 2.53. The summed E-state index contributed by atoms with van der Waals surface area (Å²) >= 11 is 3.56. The Labute approximate surface area is 149 Å². The summed E-state index contributed by atoms with van der Waals surface area (Å²) in [6, 6.07) is 12.0. The molecule has 0 saturated heterocycles. The highest BCUT2D eigenvalue weighted by atomic mass is 79.9. The summed E-state index contributed by atoms with van der Waals surface area (Å²) < 4.78 is 35.6. The average molecular weight is 393 g/mol. The molecule has 0 aromatic heterocycles. The second-order valence-corrected chi connectivity index (χ2v) is 8.00. The summed E-state index contributed by atoms with van der Waals surface area (Å²) in [7, 11) is 0. The van der Waals surface area contributed by atoms with E-state index in [1.807, 2.05) is 50.2 Å². The molecule has 2 aliphatic rings. The van der Waals surface area contributed by atoms with Gasteiger partial charge in [-0.05, 0) is 52.5 Å².